The zero-order valence-corrected chi connectivity index (χ0v) is 14.9. The molecule has 0 aliphatic carbocycles. The molecule has 2 aromatic rings. The summed E-state index contributed by atoms with van der Waals surface area (Å²) in [5.41, 5.74) is 0.167. The maximum absolute atomic E-state index is 10.3. The molecule has 28 heavy (non-hydrogen) atoms. The monoisotopic (exact) mass is 396 g/mol. The lowest BCUT2D eigenvalue weighted by molar-refractivity contribution is -0.135. The van der Waals surface area contributed by atoms with Gasteiger partial charge in [0.25, 0.3) is 11.9 Å². The van der Waals surface area contributed by atoms with Crippen LogP contribution in [0, 0.1) is 0 Å². The van der Waals surface area contributed by atoms with Crippen molar-refractivity contribution in [1.29, 1.82) is 0 Å². The highest BCUT2D eigenvalue weighted by molar-refractivity contribution is 5.91. The normalized spacial score (nSPS) is 8.36. The minimum atomic E-state index is -1.06. The van der Waals surface area contributed by atoms with Crippen molar-refractivity contribution in [2.24, 2.45) is 0 Å². The van der Waals surface area contributed by atoms with Crippen molar-refractivity contribution in [3.05, 3.63) is 59.7 Å². The van der Waals surface area contributed by atoms with Gasteiger partial charge in [-0.15, -0.1) is 0 Å². The van der Waals surface area contributed by atoms with Crippen LogP contribution in [0.25, 0.3) is 0 Å². The molecule has 2 rings (SSSR count). The number of hydrogen-bond donors (Lipinski definition) is 6. The van der Waals surface area contributed by atoms with Crippen LogP contribution in [-0.2, 0) is 9.59 Å². The number of aliphatic carboxylic acids is 2. The van der Waals surface area contributed by atoms with E-state index >= 15 is 0 Å². The summed E-state index contributed by atoms with van der Waals surface area (Å²) >= 11 is 0. The van der Waals surface area contributed by atoms with Gasteiger partial charge >= 0.3 is 11.9 Å². The second kappa shape index (κ2) is 14.1. The Hall–Kier alpha value is -4.08. The van der Waals surface area contributed by atoms with Crippen molar-refractivity contribution < 1.29 is 49.8 Å². The van der Waals surface area contributed by atoms with Crippen molar-refractivity contribution in [2.75, 3.05) is 0 Å². The summed E-state index contributed by atoms with van der Waals surface area (Å²) < 4.78 is 0. The number of phenols is 2. The molecule has 0 radical (unpaired) electrons. The number of carboxylic acids is 4. The minimum absolute atomic E-state index is 0.0833. The highest BCUT2D eigenvalue weighted by Crippen LogP contribution is 2.13. The molecule has 10 nitrogen and oxygen atoms in total. The van der Waals surface area contributed by atoms with Crippen molar-refractivity contribution in [2.45, 2.75) is 13.8 Å². The fourth-order valence-electron chi connectivity index (χ4n) is 1.21. The van der Waals surface area contributed by atoms with Crippen LogP contribution in [0.1, 0.15) is 34.6 Å². The van der Waals surface area contributed by atoms with Crippen LogP contribution in [0.15, 0.2) is 48.5 Å². The first kappa shape index (κ1) is 26.2. The lowest BCUT2D eigenvalue weighted by Gasteiger charge is -1.94. The largest absolute Gasteiger partial charge is 0.508 e. The number of benzene rings is 2. The Bertz CT molecular complexity index is 690. The maximum atomic E-state index is 10.3. The quantitative estimate of drug-likeness (QED) is 0.411. The fraction of sp³-hybridized carbons (Fsp3) is 0.111. The molecule has 0 spiro atoms. The first-order valence-electron chi connectivity index (χ1n) is 7.30. The predicted octanol–water partition coefficient (Wildman–Crippen LogP) is 2.36. The minimum Gasteiger partial charge on any atom is -0.508 e. The van der Waals surface area contributed by atoms with E-state index in [0.29, 0.717) is 0 Å². The van der Waals surface area contributed by atoms with E-state index in [9.17, 15) is 9.59 Å². The van der Waals surface area contributed by atoms with E-state index in [1.54, 1.807) is 0 Å². The van der Waals surface area contributed by atoms with Gasteiger partial charge in [-0.3, -0.25) is 9.59 Å². The topological polar surface area (TPSA) is 190 Å². The number of phenolic OH excluding ortho intramolecular Hbond substituents is 2. The number of hydrogen-bond acceptors (Lipinski definition) is 6. The van der Waals surface area contributed by atoms with E-state index < -0.39 is 23.9 Å². The molecule has 152 valence electrons. The zero-order valence-electron chi connectivity index (χ0n) is 14.9. The Kier molecular flexibility index (Phi) is 13.2. The molecule has 6 N–H and O–H groups in total. The molecule has 0 atom stereocenters. The summed E-state index contributed by atoms with van der Waals surface area (Å²) in [6.45, 7) is 2.17. The van der Waals surface area contributed by atoms with Crippen LogP contribution in [0.4, 0.5) is 0 Å². The molecule has 0 saturated heterocycles. The van der Waals surface area contributed by atoms with Crippen molar-refractivity contribution in [3.8, 4) is 11.5 Å². The van der Waals surface area contributed by atoms with Gasteiger partial charge in [-0.2, -0.15) is 0 Å². The van der Waals surface area contributed by atoms with Gasteiger partial charge in [0, 0.05) is 13.8 Å². The third-order valence-electron chi connectivity index (χ3n) is 2.23. The Morgan fingerprint density at radius 3 is 0.857 bits per heavy atom. The molecule has 0 bridgehead atoms. The third-order valence-corrected chi connectivity index (χ3v) is 2.23. The summed E-state index contributed by atoms with van der Waals surface area (Å²) in [6.07, 6.45) is 0. The van der Waals surface area contributed by atoms with Crippen LogP contribution < -0.4 is 0 Å². The fourth-order valence-corrected chi connectivity index (χ4v) is 1.21. The van der Waals surface area contributed by atoms with E-state index in [1.165, 1.54) is 48.5 Å². The lowest BCUT2D eigenvalue weighted by Crippen LogP contribution is -1.99. The molecule has 0 unspecified atom stereocenters. The number of aromatic carboxylic acids is 2. The predicted molar refractivity (Wildman–Crippen MR) is 96.8 cm³/mol. The molecule has 2 aromatic carbocycles. The molecule has 0 saturated carbocycles. The highest BCUT2D eigenvalue weighted by atomic mass is 16.4. The van der Waals surface area contributed by atoms with E-state index in [2.05, 4.69) is 0 Å². The highest BCUT2D eigenvalue weighted by Gasteiger charge is 2.04. The van der Waals surface area contributed by atoms with Crippen molar-refractivity contribution in [3.63, 3.8) is 0 Å². The third kappa shape index (κ3) is 16.8. The summed E-state index contributed by atoms with van der Waals surface area (Å²) in [5, 5.41) is 49.1. The molecular formula is C18H20O10. The van der Waals surface area contributed by atoms with E-state index in [4.69, 9.17) is 40.2 Å². The van der Waals surface area contributed by atoms with Crippen LogP contribution in [0.5, 0.6) is 11.5 Å². The van der Waals surface area contributed by atoms with Crippen molar-refractivity contribution >= 4 is 23.9 Å². The van der Waals surface area contributed by atoms with E-state index in [-0.39, 0.29) is 22.6 Å². The standard InChI is InChI=1S/C8H6O4.C6H6O2.2C2H4O2/c9-7(10)5-1-2-6(4-3-5)8(11)12;7-5-1-2-6(8)4-3-5;2*1-2(3)4/h1-4H,(H,9,10)(H,11,12);1-4,7-8H;2*1H3,(H,3,4). The second-order valence-electron chi connectivity index (χ2n) is 4.74. The average molecular weight is 396 g/mol. The molecule has 0 fully saturated rings. The molecule has 0 heterocycles. The first-order valence-corrected chi connectivity index (χ1v) is 7.30. The smallest absolute Gasteiger partial charge is 0.335 e. The summed E-state index contributed by atoms with van der Waals surface area (Å²) in [7, 11) is 0. The Morgan fingerprint density at radius 2 is 0.714 bits per heavy atom. The first-order chi connectivity index (χ1) is 12.9. The Morgan fingerprint density at radius 1 is 0.536 bits per heavy atom. The average Bonchev–Trinajstić information content (AvgIpc) is 2.57. The van der Waals surface area contributed by atoms with Gasteiger partial charge < -0.3 is 30.6 Å². The van der Waals surface area contributed by atoms with Gasteiger partial charge in [0.1, 0.15) is 11.5 Å². The SMILES string of the molecule is CC(=O)O.CC(=O)O.O=C(O)c1ccc(C(=O)O)cc1.Oc1ccc(O)cc1. The molecule has 0 aromatic heterocycles. The maximum Gasteiger partial charge on any atom is 0.335 e. The summed E-state index contributed by atoms with van der Waals surface area (Å²) in [6, 6.07) is 10.7. The second-order valence-corrected chi connectivity index (χ2v) is 4.74. The number of rotatable bonds is 2. The zero-order chi connectivity index (χ0) is 22.3. The number of carbonyl (C=O) groups is 4. The van der Waals surface area contributed by atoms with E-state index in [0.717, 1.165) is 13.8 Å². The van der Waals surface area contributed by atoms with Crippen LogP contribution in [0.2, 0.25) is 0 Å². The van der Waals surface area contributed by atoms with Gasteiger partial charge in [-0.1, -0.05) is 0 Å². The number of carboxylic acid groups (broad SMARTS) is 4. The van der Waals surface area contributed by atoms with Gasteiger partial charge in [0.2, 0.25) is 0 Å². The van der Waals surface area contributed by atoms with Crippen molar-refractivity contribution in [1.82, 2.24) is 0 Å². The van der Waals surface area contributed by atoms with E-state index in [1.807, 2.05) is 0 Å². The molecule has 0 amide bonds. The molecule has 0 aliphatic rings. The molecule has 0 aliphatic heterocycles. The van der Waals surface area contributed by atoms with Gasteiger partial charge in [-0.25, -0.2) is 9.59 Å². The van der Waals surface area contributed by atoms with Gasteiger partial charge in [-0.05, 0) is 48.5 Å². The molecule has 10 heteroatoms. The summed E-state index contributed by atoms with van der Waals surface area (Å²) in [5.74, 6) is -3.45. The van der Waals surface area contributed by atoms with Crippen LogP contribution >= 0.6 is 0 Å². The van der Waals surface area contributed by atoms with Gasteiger partial charge in [0.15, 0.2) is 0 Å². The Labute approximate surface area is 159 Å². The lowest BCUT2D eigenvalue weighted by atomic mass is 10.1. The number of aromatic hydroxyl groups is 2. The van der Waals surface area contributed by atoms with Crippen LogP contribution in [-0.4, -0.2) is 54.5 Å². The molecular weight excluding hydrogens is 376 g/mol. The van der Waals surface area contributed by atoms with Crippen LogP contribution in [0.3, 0.4) is 0 Å². The Balaban J connectivity index is 0. The summed E-state index contributed by atoms with van der Waals surface area (Å²) in [4.78, 5) is 38.7. The van der Waals surface area contributed by atoms with Gasteiger partial charge in [0.05, 0.1) is 11.1 Å².